The highest BCUT2D eigenvalue weighted by molar-refractivity contribution is 5.84. The van der Waals surface area contributed by atoms with Gasteiger partial charge in [-0.15, -0.1) is 0 Å². The summed E-state index contributed by atoms with van der Waals surface area (Å²) in [6.45, 7) is -0.255. The molecule has 0 aliphatic rings. The van der Waals surface area contributed by atoms with E-state index in [2.05, 4.69) is 0 Å². The van der Waals surface area contributed by atoms with Gasteiger partial charge in [0.2, 0.25) is 0 Å². The van der Waals surface area contributed by atoms with Crippen molar-refractivity contribution in [3.63, 3.8) is 0 Å². The highest BCUT2D eigenvalue weighted by Gasteiger charge is 2.11. The molecule has 1 heterocycles. The Labute approximate surface area is 108 Å². The van der Waals surface area contributed by atoms with E-state index in [-0.39, 0.29) is 25.4 Å². The predicted molar refractivity (Wildman–Crippen MR) is 66.6 cm³/mol. The Morgan fingerprint density at radius 3 is 2.89 bits per heavy atom. The highest BCUT2D eigenvalue weighted by Crippen LogP contribution is 2.21. The van der Waals surface area contributed by atoms with Crippen LogP contribution in [0.25, 0.3) is 10.9 Å². The van der Waals surface area contributed by atoms with Crippen LogP contribution < -0.4 is 0 Å². The van der Waals surface area contributed by atoms with E-state index >= 15 is 0 Å². The maximum Gasteiger partial charge on any atom is 0.326 e. The number of fused-ring (bicyclic) bond motifs is 1. The molecule has 0 bridgehead atoms. The first-order valence-corrected chi connectivity index (χ1v) is 5.61. The Bertz CT molecular complexity index is 620. The maximum absolute atomic E-state index is 11.4. The standard InChI is InChI=1S/C12H12N2O5/c15-5-6-19-12(16)8-13-4-3-9-7-10(14(17)18)1-2-11(9)13/h1-4,7,15H,5-6,8H2. The van der Waals surface area contributed by atoms with Crippen LogP contribution in [0.15, 0.2) is 30.5 Å². The third kappa shape index (κ3) is 2.89. The number of rotatable bonds is 5. The highest BCUT2D eigenvalue weighted by atomic mass is 16.6. The minimum atomic E-state index is -0.468. The molecular formula is C12H12N2O5. The number of nitrogens with zero attached hydrogens (tertiary/aromatic N) is 2. The van der Waals surface area contributed by atoms with Crippen LogP contribution in [0.3, 0.4) is 0 Å². The summed E-state index contributed by atoms with van der Waals surface area (Å²) < 4.78 is 6.40. The van der Waals surface area contributed by atoms with Crippen LogP contribution in [0.2, 0.25) is 0 Å². The van der Waals surface area contributed by atoms with Crippen LogP contribution >= 0.6 is 0 Å². The second kappa shape index (κ2) is 5.49. The van der Waals surface area contributed by atoms with Gasteiger partial charge in [0.15, 0.2) is 0 Å². The number of benzene rings is 1. The predicted octanol–water partition coefficient (Wildman–Crippen LogP) is 1.08. The van der Waals surface area contributed by atoms with E-state index in [4.69, 9.17) is 9.84 Å². The third-order valence-corrected chi connectivity index (χ3v) is 2.62. The van der Waals surface area contributed by atoms with Gasteiger partial charge in [-0.1, -0.05) is 0 Å². The Balaban J connectivity index is 2.21. The van der Waals surface area contributed by atoms with Crippen molar-refractivity contribution in [2.45, 2.75) is 6.54 Å². The fourth-order valence-electron chi connectivity index (χ4n) is 1.78. The minimum Gasteiger partial charge on any atom is -0.462 e. The second-order valence-electron chi connectivity index (χ2n) is 3.89. The van der Waals surface area contributed by atoms with Crippen LogP contribution in [0.5, 0.6) is 0 Å². The summed E-state index contributed by atoms with van der Waals surface area (Å²) in [4.78, 5) is 21.6. The van der Waals surface area contributed by atoms with Crippen molar-refractivity contribution in [1.82, 2.24) is 4.57 Å². The van der Waals surface area contributed by atoms with Crippen LogP contribution in [-0.2, 0) is 16.1 Å². The van der Waals surface area contributed by atoms with Gasteiger partial charge in [-0.25, -0.2) is 0 Å². The first kappa shape index (κ1) is 13.0. The fraction of sp³-hybridized carbons (Fsp3) is 0.250. The van der Waals surface area contributed by atoms with Gasteiger partial charge in [-0.2, -0.15) is 0 Å². The van der Waals surface area contributed by atoms with Crippen molar-refractivity contribution in [2.75, 3.05) is 13.2 Å². The number of hydrogen-bond donors (Lipinski definition) is 1. The Morgan fingerprint density at radius 1 is 1.42 bits per heavy atom. The number of hydrogen-bond acceptors (Lipinski definition) is 5. The average Bonchev–Trinajstić information content (AvgIpc) is 2.78. The number of nitro benzene ring substituents is 1. The van der Waals surface area contributed by atoms with E-state index in [0.29, 0.717) is 10.9 Å². The molecule has 2 rings (SSSR count). The van der Waals surface area contributed by atoms with Crippen molar-refractivity contribution in [3.8, 4) is 0 Å². The van der Waals surface area contributed by atoms with Crippen LogP contribution in [0, 0.1) is 10.1 Å². The van der Waals surface area contributed by atoms with Crippen molar-refractivity contribution in [3.05, 3.63) is 40.6 Å². The maximum atomic E-state index is 11.4. The summed E-state index contributed by atoms with van der Waals surface area (Å²) in [7, 11) is 0. The minimum absolute atomic E-state index is 0.00130. The summed E-state index contributed by atoms with van der Waals surface area (Å²) in [5.74, 6) is -0.468. The van der Waals surface area contributed by atoms with E-state index in [1.807, 2.05) is 0 Å². The number of aliphatic hydroxyl groups is 1. The van der Waals surface area contributed by atoms with E-state index in [1.165, 1.54) is 12.1 Å². The first-order chi connectivity index (χ1) is 9.11. The number of non-ortho nitro benzene ring substituents is 1. The van der Waals surface area contributed by atoms with Crippen LogP contribution in [0.1, 0.15) is 0 Å². The number of aromatic nitrogens is 1. The Hall–Kier alpha value is -2.41. The Kier molecular flexibility index (Phi) is 3.76. The molecule has 0 aliphatic heterocycles. The largest absolute Gasteiger partial charge is 0.462 e. The molecule has 100 valence electrons. The van der Waals surface area contributed by atoms with Gasteiger partial charge in [-0.05, 0) is 12.1 Å². The zero-order chi connectivity index (χ0) is 13.8. The molecule has 0 fully saturated rings. The lowest BCUT2D eigenvalue weighted by atomic mass is 10.2. The van der Waals surface area contributed by atoms with Crippen molar-refractivity contribution < 1.29 is 19.6 Å². The number of ether oxygens (including phenoxy) is 1. The van der Waals surface area contributed by atoms with Crippen molar-refractivity contribution in [1.29, 1.82) is 0 Å². The molecule has 0 radical (unpaired) electrons. The van der Waals surface area contributed by atoms with Gasteiger partial charge in [-0.3, -0.25) is 14.9 Å². The van der Waals surface area contributed by atoms with E-state index in [9.17, 15) is 14.9 Å². The number of carbonyl (C=O) groups is 1. The Morgan fingerprint density at radius 2 is 2.21 bits per heavy atom. The SMILES string of the molecule is O=C(Cn1ccc2cc([N+](=O)[O-])ccc21)OCCO. The summed E-state index contributed by atoms with van der Waals surface area (Å²) in [6.07, 6.45) is 1.66. The molecular weight excluding hydrogens is 252 g/mol. The fourth-order valence-corrected chi connectivity index (χ4v) is 1.78. The van der Waals surface area contributed by atoms with Gasteiger partial charge < -0.3 is 14.4 Å². The summed E-state index contributed by atoms with van der Waals surface area (Å²) in [5, 5.41) is 19.9. The summed E-state index contributed by atoms with van der Waals surface area (Å²) >= 11 is 0. The van der Waals surface area contributed by atoms with Crippen LogP contribution in [0.4, 0.5) is 5.69 Å². The van der Waals surface area contributed by atoms with Gasteiger partial charge in [0.25, 0.3) is 5.69 Å². The smallest absolute Gasteiger partial charge is 0.326 e. The molecule has 19 heavy (non-hydrogen) atoms. The third-order valence-electron chi connectivity index (χ3n) is 2.62. The molecule has 0 amide bonds. The second-order valence-corrected chi connectivity index (χ2v) is 3.89. The van der Waals surface area contributed by atoms with E-state index in [0.717, 1.165) is 0 Å². The average molecular weight is 264 g/mol. The lowest BCUT2D eigenvalue weighted by molar-refractivity contribution is -0.384. The molecule has 1 aromatic heterocycles. The molecule has 0 unspecified atom stereocenters. The van der Waals surface area contributed by atoms with Gasteiger partial charge in [0, 0.05) is 29.2 Å². The number of carbonyl (C=O) groups excluding carboxylic acids is 1. The molecule has 0 atom stereocenters. The van der Waals surface area contributed by atoms with E-state index in [1.54, 1.807) is 22.9 Å². The zero-order valence-electron chi connectivity index (χ0n) is 9.98. The summed E-state index contributed by atoms with van der Waals surface area (Å²) in [6, 6.07) is 6.12. The molecule has 0 aliphatic carbocycles. The van der Waals surface area contributed by atoms with Crippen LogP contribution in [-0.4, -0.2) is 33.8 Å². The molecule has 7 heteroatoms. The lowest BCUT2D eigenvalue weighted by Crippen LogP contribution is -2.14. The zero-order valence-corrected chi connectivity index (χ0v) is 9.98. The topological polar surface area (TPSA) is 94.6 Å². The normalized spacial score (nSPS) is 10.6. The number of nitro groups is 1. The summed E-state index contributed by atoms with van der Waals surface area (Å²) in [5.41, 5.74) is 0.722. The molecule has 2 aromatic rings. The van der Waals surface area contributed by atoms with Gasteiger partial charge in [0.1, 0.15) is 13.2 Å². The number of esters is 1. The quantitative estimate of drug-likeness (QED) is 0.495. The van der Waals surface area contributed by atoms with E-state index < -0.39 is 10.9 Å². The molecule has 0 spiro atoms. The molecule has 0 saturated heterocycles. The molecule has 7 nitrogen and oxygen atoms in total. The first-order valence-electron chi connectivity index (χ1n) is 5.61. The number of aliphatic hydroxyl groups excluding tert-OH is 1. The lowest BCUT2D eigenvalue weighted by Gasteiger charge is -2.05. The van der Waals surface area contributed by atoms with Crippen molar-refractivity contribution in [2.24, 2.45) is 0 Å². The molecule has 1 N–H and O–H groups in total. The monoisotopic (exact) mass is 264 g/mol. The van der Waals surface area contributed by atoms with Gasteiger partial charge in [0.05, 0.1) is 11.5 Å². The molecule has 0 saturated carbocycles. The van der Waals surface area contributed by atoms with Gasteiger partial charge >= 0.3 is 5.97 Å². The van der Waals surface area contributed by atoms with Crippen molar-refractivity contribution >= 4 is 22.6 Å². The molecule has 1 aromatic carbocycles.